The molecule has 0 unspecified atom stereocenters. The molecule has 0 spiro atoms. The Morgan fingerprint density at radius 1 is 0.931 bits per heavy atom. The monoisotopic (exact) mass is 513 g/mol. The van der Waals surface area contributed by atoms with Crippen LogP contribution in [-0.2, 0) is 24.3 Å². The summed E-state index contributed by atoms with van der Waals surface area (Å²) in [7, 11) is 8.85. The van der Waals surface area contributed by atoms with Crippen LogP contribution in [0.3, 0.4) is 0 Å². The van der Waals surface area contributed by atoms with Crippen molar-refractivity contribution in [3.63, 3.8) is 0 Å². The van der Waals surface area contributed by atoms with Gasteiger partial charge >= 0.3 is 0 Å². The Morgan fingerprint density at radius 3 is 2.14 bits per heavy atom. The van der Waals surface area contributed by atoms with Crippen LogP contribution in [0.2, 0.25) is 0 Å². The van der Waals surface area contributed by atoms with Gasteiger partial charge in [-0.3, -0.25) is 4.99 Å². The molecule has 1 N–H and O–H groups in total. The molecule has 0 atom stereocenters. The van der Waals surface area contributed by atoms with Crippen LogP contribution in [0.25, 0.3) is 0 Å². The molecule has 2 aromatic rings. The molecular weight excluding hydrogens is 481 g/mol. The maximum Gasteiger partial charge on any atom is 0.193 e. The Balaban J connectivity index is 0.00000420. The molecule has 0 aliphatic rings. The number of methoxy groups -OCH3 is 3. The van der Waals surface area contributed by atoms with E-state index in [1.807, 2.05) is 19.2 Å². The highest BCUT2D eigenvalue weighted by molar-refractivity contribution is 14.0. The first-order valence-corrected chi connectivity index (χ1v) is 9.30. The number of hydrogen-bond acceptors (Lipinski definition) is 4. The highest BCUT2D eigenvalue weighted by atomic mass is 127. The summed E-state index contributed by atoms with van der Waals surface area (Å²) in [4.78, 5) is 6.51. The molecule has 0 fully saturated rings. The third-order valence-electron chi connectivity index (χ3n) is 4.54. The van der Waals surface area contributed by atoms with E-state index in [1.54, 1.807) is 28.4 Å². The van der Waals surface area contributed by atoms with Crippen molar-refractivity contribution in [2.75, 3.05) is 42.0 Å². The van der Waals surface area contributed by atoms with Gasteiger partial charge in [-0.25, -0.2) is 0 Å². The first-order valence-electron chi connectivity index (χ1n) is 9.30. The molecule has 160 valence electrons. The van der Waals surface area contributed by atoms with Gasteiger partial charge in [0, 0.05) is 34.3 Å². The maximum atomic E-state index is 5.38. The van der Waals surface area contributed by atoms with Crippen LogP contribution < -0.4 is 14.8 Å². The van der Waals surface area contributed by atoms with Gasteiger partial charge in [0.15, 0.2) is 17.5 Å². The molecule has 7 heteroatoms. The van der Waals surface area contributed by atoms with Crippen molar-refractivity contribution in [3.8, 4) is 11.5 Å². The van der Waals surface area contributed by atoms with Crippen molar-refractivity contribution in [3.05, 3.63) is 59.2 Å². The number of hydrogen-bond donors (Lipinski definition) is 1. The minimum Gasteiger partial charge on any atom is -0.493 e. The van der Waals surface area contributed by atoms with Crippen molar-refractivity contribution in [1.29, 1.82) is 0 Å². The van der Waals surface area contributed by atoms with E-state index < -0.39 is 0 Å². The Bertz CT molecular complexity index is 766. The fourth-order valence-electron chi connectivity index (χ4n) is 2.92. The van der Waals surface area contributed by atoms with E-state index in [2.05, 4.69) is 45.5 Å². The lowest BCUT2D eigenvalue weighted by molar-refractivity contribution is 0.185. The zero-order valence-electron chi connectivity index (χ0n) is 17.9. The van der Waals surface area contributed by atoms with E-state index in [0.717, 1.165) is 37.0 Å². The zero-order valence-corrected chi connectivity index (χ0v) is 20.2. The minimum absolute atomic E-state index is 0. The summed E-state index contributed by atoms with van der Waals surface area (Å²) in [6.45, 7) is 2.19. The van der Waals surface area contributed by atoms with Crippen molar-refractivity contribution in [1.82, 2.24) is 10.2 Å². The smallest absolute Gasteiger partial charge is 0.193 e. The zero-order chi connectivity index (χ0) is 20.4. The molecule has 0 aromatic heterocycles. The predicted octanol–water partition coefficient (Wildman–Crippen LogP) is 3.72. The maximum absolute atomic E-state index is 5.38. The SMILES string of the molecule is CN=C(NCc1ccc(COC)cc1)N(C)CCc1ccc(OC)c(OC)c1.I. The second-order valence-electron chi connectivity index (χ2n) is 6.51. The molecule has 0 heterocycles. The Hall–Kier alpha value is -2.00. The Labute approximate surface area is 191 Å². The Kier molecular flexibility index (Phi) is 11.5. The molecule has 0 aliphatic heterocycles. The van der Waals surface area contributed by atoms with E-state index in [-0.39, 0.29) is 24.0 Å². The predicted molar refractivity (Wildman–Crippen MR) is 129 cm³/mol. The van der Waals surface area contributed by atoms with Gasteiger partial charge < -0.3 is 24.4 Å². The standard InChI is InChI=1S/C22H31N3O3.HI/c1-23-22(24-15-18-6-8-19(9-7-18)16-26-3)25(2)13-12-17-10-11-20(27-4)21(14-17)28-5;/h6-11,14H,12-13,15-16H2,1-5H3,(H,23,24);1H. The quantitative estimate of drug-likeness (QED) is 0.315. The number of guanidine groups is 1. The Morgan fingerprint density at radius 2 is 1.55 bits per heavy atom. The summed E-state index contributed by atoms with van der Waals surface area (Å²) in [5.74, 6) is 2.36. The first kappa shape index (κ1) is 25.0. The number of halogens is 1. The number of nitrogens with zero attached hydrogens (tertiary/aromatic N) is 2. The van der Waals surface area contributed by atoms with Gasteiger partial charge in [-0.15, -0.1) is 24.0 Å². The summed E-state index contributed by atoms with van der Waals surface area (Å²) in [5, 5.41) is 3.41. The molecule has 6 nitrogen and oxygen atoms in total. The molecule has 0 saturated heterocycles. The number of aliphatic imine (C=N–C) groups is 1. The van der Waals surface area contributed by atoms with E-state index in [0.29, 0.717) is 6.61 Å². The molecule has 2 aromatic carbocycles. The van der Waals surface area contributed by atoms with Gasteiger partial charge in [0.05, 0.1) is 20.8 Å². The molecule has 0 bridgehead atoms. The van der Waals surface area contributed by atoms with E-state index in [9.17, 15) is 0 Å². The van der Waals surface area contributed by atoms with Crippen LogP contribution in [0, 0.1) is 0 Å². The van der Waals surface area contributed by atoms with Crippen LogP contribution in [0.1, 0.15) is 16.7 Å². The second-order valence-corrected chi connectivity index (χ2v) is 6.51. The average Bonchev–Trinajstić information content (AvgIpc) is 2.73. The lowest BCUT2D eigenvalue weighted by Crippen LogP contribution is -2.39. The average molecular weight is 513 g/mol. The highest BCUT2D eigenvalue weighted by Crippen LogP contribution is 2.27. The fourth-order valence-corrected chi connectivity index (χ4v) is 2.92. The van der Waals surface area contributed by atoms with Crippen molar-refractivity contribution >= 4 is 29.9 Å². The van der Waals surface area contributed by atoms with E-state index in [1.165, 1.54) is 16.7 Å². The second kappa shape index (κ2) is 13.3. The number of benzene rings is 2. The van der Waals surface area contributed by atoms with Crippen LogP contribution in [-0.4, -0.2) is 52.8 Å². The summed E-state index contributed by atoms with van der Waals surface area (Å²) in [6, 6.07) is 14.4. The van der Waals surface area contributed by atoms with E-state index >= 15 is 0 Å². The molecule has 0 aliphatic carbocycles. The van der Waals surface area contributed by atoms with Crippen molar-refractivity contribution in [2.45, 2.75) is 19.6 Å². The van der Waals surface area contributed by atoms with Crippen LogP contribution in [0.4, 0.5) is 0 Å². The molecule has 0 radical (unpaired) electrons. The van der Waals surface area contributed by atoms with Crippen LogP contribution in [0.5, 0.6) is 11.5 Å². The summed E-state index contributed by atoms with van der Waals surface area (Å²) in [6.07, 6.45) is 0.878. The van der Waals surface area contributed by atoms with Gasteiger partial charge in [0.2, 0.25) is 0 Å². The van der Waals surface area contributed by atoms with Gasteiger partial charge in [-0.1, -0.05) is 30.3 Å². The lowest BCUT2D eigenvalue weighted by atomic mass is 10.1. The number of nitrogens with one attached hydrogen (secondary N) is 1. The molecule has 0 saturated carbocycles. The third kappa shape index (κ3) is 7.74. The fraction of sp³-hybridized carbons (Fsp3) is 0.409. The molecule has 2 rings (SSSR count). The largest absolute Gasteiger partial charge is 0.493 e. The number of ether oxygens (including phenoxy) is 3. The molecule has 0 amide bonds. The van der Waals surface area contributed by atoms with Gasteiger partial charge in [-0.05, 0) is 35.2 Å². The molecule has 29 heavy (non-hydrogen) atoms. The van der Waals surface area contributed by atoms with Crippen molar-refractivity contribution < 1.29 is 14.2 Å². The first-order chi connectivity index (χ1) is 13.6. The number of likely N-dealkylation sites (N-methyl/N-ethyl adjacent to an activating group) is 1. The highest BCUT2D eigenvalue weighted by Gasteiger charge is 2.08. The third-order valence-corrected chi connectivity index (χ3v) is 4.54. The molecular formula is C22H32IN3O3. The van der Waals surface area contributed by atoms with Crippen LogP contribution in [0.15, 0.2) is 47.5 Å². The van der Waals surface area contributed by atoms with Gasteiger partial charge in [-0.2, -0.15) is 0 Å². The normalized spacial score (nSPS) is 10.9. The number of rotatable bonds is 9. The lowest BCUT2D eigenvalue weighted by Gasteiger charge is -2.22. The van der Waals surface area contributed by atoms with Crippen molar-refractivity contribution in [2.24, 2.45) is 4.99 Å². The van der Waals surface area contributed by atoms with Gasteiger partial charge in [0.1, 0.15) is 0 Å². The minimum atomic E-state index is 0. The summed E-state index contributed by atoms with van der Waals surface area (Å²) in [5.41, 5.74) is 3.56. The summed E-state index contributed by atoms with van der Waals surface area (Å²) >= 11 is 0. The topological polar surface area (TPSA) is 55.3 Å². The van der Waals surface area contributed by atoms with E-state index in [4.69, 9.17) is 14.2 Å². The van der Waals surface area contributed by atoms with Crippen LogP contribution >= 0.6 is 24.0 Å². The van der Waals surface area contributed by atoms with Gasteiger partial charge in [0.25, 0.3) is 0 Å². The summed E-state index contributed by atoms with van der Waals surface area (Å²) < 4.78 is 15.8.